The highest BCUT2D eigenvalue weighted by Gasteiger charge is 2.39. The van der Waals surface area contributed by atoms with Crippen molar-refractivity contribution in [2.24, 2.45) is 5.41 Å². The highest BCUT2D eigenvalue weighted by Crippen LogP contribution is 2.35. The second-order valence-corrected chi connectivity index (χ2v) is 5.52. The number of amides is 1. The fourth-order valence-electron chi connectivity index (χ4n) is 2.76. The molecule has 1 aromatic carbocycles. The van der Waals surface area contributed by atoms with Gasteiger partial charge < -0.3 is 10.4 Å². The SMILES string of the molecule is N#CC1(C(=O)NCc2ccc(F)c(CO)c2)CCCCC1. The highest BCUT2D eigenvalue weighted by atomic mass is 19.1. The Kier molecular flexibility index (Phi) is 4.92. The summed E-state index contributed by atoms with van der Waals surface area (Å²) in [5.74, 6) is -0.715. The molecule has 4 nitrogen and oxygen atoms in total. The van der Waals surface area contributed by atoms with E-state index in [-0.39, 0.29) is 24.6 Å². The molecule has 112 valence electrons. The average molecular weight is 290 g/mol. The molecule has 0 aromatic heterocycles. The first-order valence-corrected chi connectivity index (χ1v) is 7.19. The van der Waals surface area contributed by atoms with Crippen molar-refractivity contribution < 1.29 is 14.3 Å². The Morgan fingerprint density at radius 3 is 2.71 bits per heavy atom. The molecule has 0 radical (unpaired) electrons. The summed E-state index contributed by atoms with van der Waals surface area (Å²) in [5.41, 5.74) is -0.00920. The van der Waals surface area contributed by atoms with Gasteiger partial charge in [-0.2, -0.15) is 5.26 Å². The molecule has 0 unspecified atom stereocenters. The van der Waals surface area contributed by atoms with Gasteiger partial charge in [0.25, 0.3) is 0 Å². The largest absolute Gasteiger partial charge is 0.392 e. The van der Waals surface area contributed by atoms with Crippen LogP contribution in [0, 0.1) is 22.6 Å². The first kappa shape index (κ1) is 15.5. The summed E-state index contributed by atoms with van der Waals surface area (Å²) >= 11 is 0. The maximum absolute atomic E-state index is 13.3. The van der Waals surface area contributed by atoms with E-state index in [1.165, 1.54) is 12.1 Å². The number of nitrogens with one attached hydrogen (secondary N) is 1. The minimum atomic E-state index is -0.919. The van der Waals surface area contributed by atoms with Gasteiger partial charge in [-0.05, 0) is 30.5 Å². The van der Waals surface area contributed by atoms with Gasteiger partial charge in [-0.25, -0.2) is 4.39 Å². The normalized spacial score (nSPS) is 17.0. The third-order valence-corrected chi connectivity index (χ3v) is 4.09. The zero-order valence-corrected chi connectivity index (χ0v) is 11.9. The highest BCUT2D eigenvalue weighted by molar-refractivity contribution is 5.85. The molecule has 0 aliphatic heterocycles. The van der Waals surface area contributed by atoms with Crippen molar-refractivity contribution >= 4 is 5.91 Å². The first-order valence-electron chi connectivity index (χ1n) is 7.19. The quantitative estimate of drug-likeness (QED) is 0.894. The van der Waals surface area contributed by atoms with Crippen LogP contribution >= 0.6 is 0 Å². The Hall–Kier alpha value is -1.93. The van der Waals surface area contributed by atoms with Crippen molar-refractivity contribution in [1.29, 1.82) is 5.26 Å². The Morgan fingerprint density at radius 1 is 1.38 bits per heavy atom. The van der Waals surface area contributed by atoms with Gasteiger partial charge in [-0.1, -0.05) is 25.3 Å². The van der Waals surface area contributed by atoms with Gasteiger partial charge in [-0.3, -0.25) is 4.79 Å². The number of rotatable bonds is 4. The van der Waals surface area contributed by atoms with E-state index in [2.05, 4.69) is 11.4 Å². The lowest BCUT2D eigenvalue weighted by atomic mass is 9.74. The fraction of sp³-hybridized carbons (Fsp3) is 0.500. The van der Waals surface area contributed by atoms with Crippen LogP contribution in [0.2, 0.25) is 0 Å². The van der Waals surface area contributed by atoms with E-state index in [1.807, 2.05) is 0 Å². The van der Waals surface area contributed by atoms with Crippen LogP contribution in [0.5, 0.6) is 0 Å². The number of hydrogen-bond acceptors (Lipinski definition) is 3. The van der Waals surface area contributed by atoms with E-state index in [9.17, 15) is 14.4 Å². The van der Waals surface area contributed by atoms with Crippen LogP contribution < -0.4 is 5.32 Å². The molecule has 1 saturated carbocycles. The maximum Gasteiger partial charge on any atom is 0.240 e. The third kappa shape index (κ3) is 3.40. The van der Waals surface area contributed by atoms with Gasteiger partial charge in [0.05, 0.1) is 12.7 Å². The van der Waals surface area contributed by atoms with Gasteiger partial charge in [0.1, 0.15) is 11.2 Å². The van der Waals surface area contributed by atoms with E-state index in [0.29, 0.717) is 18.4 Å². The summed E-state index contributed by atoms with van der Waals surface area (Å²) < 4.78 is 13.3. The molecule has 0 atom stereocenters. The van der Waals surface area contributed by atoms with Gasteiger partial charge in [-0.15, -0.1) is 0 Å². The third-order valence-electron chi connectivity index (χ3n) is 4.09. The van der Waals surface area contributed by atoms with Crippen molar-refractivity contribution in [3.05, 3.63) is 35.1 Å². The number of hydrogen-bond donors (Lipinski definition) is 2. The number of nitriles is 1. The zero-order chi connectivity index (χ0) is 15.3. The number of benzene rings is 1. The second kappa shape index (κ2) is 6.68. The molecule has 0 spiro atoms. The number of carbonyl (C=O) groups is 1. The Balaban J connectivity index is 2.02. The fourth-order valence-corrected chi connectivity index (χ4v) is 2.76. The molecule has 0 heterocycles. The number of aliphatic hydroxyl groups is 1. The molecule has 0 saturated heterocycles. The van der Waals surface area contributed by atoms with Crippen LogP contribution in [0.3, 0.4) is 0 Å². The molecular formula is C16H19FN2O2. The number of carbonyl (C=O) groups excluding carboxylic acids is 1. The summed E-state index contributed by atoms with van der Waals surface area (Å²) in [4.78, 5) is 12.3. The molecule has 0 bridgehead atoms. The summed E-state index contributed by atoms with van der Waals surface area (Å²) in [6.45, 7) is -0.148. The van der Waals surface area contributed by atoms with Crippen LogP contribution in [0.25, 0.3) is 0 Å². The Bertz CT molecular complexity index is 560. The molecule has 1 aliphatic rings. The minimum Gasteiger partial charge on any atom is -0.392 e. The van der Waals surface area contributed by atoms with Crippen molar-refractivity contribution in [2.45, 2.75) is 45.3 Å². The predicted octanol–water partition coefficient (Wildman–Crippen LogP) is 2.41. The summed E-state index contributed by atoms with van der Waals surface area (Å²) in [6, 6.07) is 6.53. The molecule has 1 amide bonds. The van der Waals surface area contributed by atoms with E-state index in [1.54, 1.807) is 6.07 Å². The average Bonchev–Trinajstić information content (AvgIpc) is 2.54. The Labute approximate surface area is 123 Å². The Morgan fingerprint density at radius 2 is 2.10 bits per heavy atom. The van der Waals surface area contributed by atoms with Crippen molar-refractivity contribution in [1.82, 2.24) is 5.32 Å². The molecule has 1 aliphatic carbocycles. The van der Waals surface area contributed by atoms with E-state index >= 15 is 0 Å². The molecule has 2 N–H and O–H groups in total. The van der Waals surface area contributed by atoms with E-state index < -0.39 is 11.2 Å². The summed E-state index contributed by atoms with van der Waals surface area (Å²) in [5, 5.41) is 21.1. The zero-order valence-electron chi connectivity index (χ0n) is 11.9. The minimum absolute atomic E-state index is 0.203. The molecule has 2 rings (SSSR count). The van der Waals surface area contributed by atoms with Crippen LogP contribution in [0.1, 0.15) is 43.2 Å². The summed E-state index contributed by atoms with van der Waals surface area (Å²) in [7, 11) is 0. The molecule has 1 aromatic rings. The van der Waals surface area contributed by atoms with Crippen LogP contribution in [0.4, 0.5) is 4.39 Å². The maximum atomic E-state index is 13.3. The lowest BCUT2D eigenvalue weighted by Gasteiger charge is -2.29. The van der Waals surface area contributed by atoms with Crippen molar-refractivity contribution in [3.8, 4) is 6.07 Å². The topological polar surface area (TPSA) is 73.1 Å². The number of halogens is 1. The van der Waals surface area contributed by atoms with Crippen LogP contribution in [-0.4, -0.2) is 11.0 Å². The van der Waals surface area contributed by atoms with Crippen molar-refractivity contribution in [3.63, 3.8) is 0 Å². The van der Waals surface area contributed by atoms with Crippen LogP contribution in [-0.2, 0) is 17.9 Å². The molecule has 5 heteroatoms. The monoisotopic (exact) mass is 290 g/mol. The predicted molar refractivity (Wildman–Crippen MR) is 75.3 cm³/mol. The molecular weight excluding hydrogens is 271 g/mol. The number of nitrogens with zero attached hydrogens (tertiary/aromatic N) is 1. The smallest absolute Gasteiger partial charge is 0.240 e. The van der Waals surface area contributed by atoms with E-state index in [0.717, 1.165) is 19.3 Å². The van der Waals surface area contributed by atoms with Gasteiger partial charge in [0.15, 0.2) is 0 Å². The summed E-state index contributed by atoms with van der Waals surface area (Å²) in [6.07, 6.45) is 4.05. The second-order valence-electron chi connectivity index (χ2n) is 5.52. The molecule has 21 heavy (non-hydrogen) atoms. The standard InChI is InChI=1S/C16H19FN2O2/c17-14-5-4-12(8-13(14)10-20)9-19-15(21)16(11-18)6-2-1-3-7-16/h4-5,8,20H,1-3,6-7,9-10H2,(H,19,21). The number of aliphatic hydroxyl groups excluding tert-OH is 1. The van der Waals surface area contributed by atoms with Crippen LogP contribution in [0.15, 0.2) is 18.2 Å². The lowest BCUT2D eigenvalue weighted by molar-refractivity contribution is -0.129. The van der Waals surface area contributed by atoms with Crippen molar-refractivity contribution in [2.75, 3.05) is 0 Å². The lowest BCUT2D eigenvalue weighted by Crippen LogP contribution is -2.41. The van der Waals surface area contributed by atoms with E-state index in [4.69, 9.17) is 5.11 Å². The first-order chi connectivity index (χ1) is 10.1. The van der Waals surface area contributed by atoms with Gasteiger partial charge in [0.2, 0.25) is 5.91 Å². The molecule has 1 fully saturated rings. The van der Waals surface area contributed by atoms with Gasteiger partial charge >= 0.3 is 0 Å². The van der Waals surface area contributed by atoms with Gasteiger partial charge in [0, 0.05) is 12.1 Å².